The third-order valence-electron chi connectivity index (χ3n) is 7.41. The van der Waals surface area contributed by atoms with Gasteiger partial charge in [-0.3, -0.25) is 4.79 Å². The number of hydrogen-bond donors (Lipinski definition) is 0. The van der Waals surface area contributed by atoms with Crippen LogP contribution >= 0.6 is 0 Å². The number of carbonyl (C=O) groups is 1. The summed E-state index contributed by atoms with van der Waals surface area (Å²) in [5.41, 5.74) is 0.724. The summed E-state index contributed by atoms with van der Waals surface area (Å²) >= 11 is 0. The second kappa shape index (κ2) is 9.22. The van der Waals surface area contributed by atoms with E-state index >= 15 is 0 Å². The predicted octanol–water partition coefficient (Wildman–Crippen LogP) is 3.88. The summed E-state index contributed by atoms with van der Waals surface area (Å²) in [4.78, 5) is 19.9. The van der Waals surface area contributed by atoms with Crippen LogP contribution in [0, 0.1) is 5.92 Å². The molecule has 2 aliphatic carbocycles. The van der Waals surface area contributed by atoms with Gasteiger partial charge in [0.05, 0.1) is 25.0 Å². The Hall–Kier alpha value is -2.41. The molecule has 1 aliphatic heterocycles. The summed E-state index contributed by atoms with van der Waals surface area (Å²) in [6, 6.07) is 7.92. The lowest BCUT2D eigenvalue weighted by atomic mass is 9.94. The average molecular weight is 440 g/mol. The number of hydrogen-bond acceptors (Lipinski definition) is 6. The maximum atomic E-state index is 13.4. The minimum absolute atomic E-state index is 0.117. The maximum Gasteiger partial charge on any atom is 0.233 e. The maximum absolute atomic E-state index is 13.4. The summed E-state index contributed by atoms with van der Waals surface area (Å²) in [6.45, 7) is 2.87. The highest BCUT2D eigenvalue weighted by Gasteiger charge is 2.54. The highest BCUT2D eigenvalue weighted by molar-refractivity contribution is 5.91. The first-order chi connectivity index (χ1) is 15.7. The normalized spacial score (nSPS) is 22.4. The van der Waals surface area contributed by atoms with Crippen LogP contribution in [0.1, 0.15) is 68.1 Å². The van der Waals surface area contributed by atoms with Gasteiger partial charge in [0.25, 0.3) is 0 Å². The molecule has 3 aliphatic rings. The molecule has 0 bridgehead atoms. The number of ether oxygens (including phenoxy) is 2. The van der Waals surface area contributed by atoms with E-state index in [0.717, 1.165) is 49.6 Å². The van der Waals surface area contributed by atoms with E-state index in [9.17, 15) is 4.79 Å². The minimum atomic E-state index is -0.363. The molecule has 7 nitrogen and oxygen atoms in total. The van der Waals surface area contributed by atoms with E-state index in [1.165, 1.54) is 25.7 Å². The second-order valence-corrected chi connectivity index (χ2v) is 9.57. The first kappa shape index (κ1) is 21.4. The molecule has 172 valence electrons. The molecule has 0 radical (unpaired) electrons. The highest BCUT2D eigenvalue weighted by Crippen LogP contribution is 2.50. The van der Waals surface area contributed by atoms with Crippen LogP contribution in [-0.4, -0.2) is 54.4 Å². The second-order valence-electron chi connectivity index (χ2n) is 9.57. The third-order valence-corrected chi connectivity index (χ3v) is 7.41. The largest absolute Gasteiger partial charge is 0.497 e. The van der Waals surface area contributed by atoms with E-state index in [0.29, 0.717) is 31.3 Å². The van der Waals surface area contributed by atoms with Gasteiger partial charge in [0.1, 0.15) is 5.75 Å². The molecule has 5 rings (SSSR count). The number of nitrogens with zero attached hydrogens (tertiary/aromatic N) is 3. The number of carbonyl (C=O) groups excluding carboxylic acids is 1. The standard InChI is InChI=1S/C25H33N3O4/c1-30-21-8-6-20(7-9-21)25(12-13-25)24(29)28-14-10-19(16-28)23-26-22(27-32-23)11-15-31-17-18-4-2-3-5-18/h6-9,18-19H,2-5,10-17H2,1H3. The van der Waals surface area contributed by atoms with Gasteiger partial charge in [-0.1, -0.05) is 30.1 Å². The molecule has 1 aromatic heterocycles. The quantitative estimate of drug-likeness (QED) is 0.552. The van der Waals surface area contributed by atoms with Crippen molar-refractivity contribution in [1.82, 2.24) is 15.0 Å². The Morgan fingerprint density at radius 1 is 1.19 bits per heavy atom. The van der Waals surface area contributed by atoms with E-state index < -0.39 is 0 Å². The molecular formula is C25H33N3O4. The van der Waals surface area contributed by atoms with Crippen molar-refractivity contribution in [3.63, 3.8) is 0 Å². The van der Waals surface area contributed by atoms with Gasteiger partial charge in [-0.15, -0.1) is 0 Å². The van der Waals surface area contributed by atoms with E-state index in [-0.39, 0.29) is 17.2 Å². The van der Waals surface area contributed by atoms with Crippen LogP contribution in [0.3, 0.4) is 0 Å². The van der Waals surface area contributed by atoms with Gasteiger partial charge in [-0.2, -0.15) is 4.98 Å². The Labute approximate surface area is 189 Å². The Balaban J connectivity index is 1.13. The molecule has 0 spiro atoms. The lowest BCUT2D eigenvalue weighted by molar-refractivity contribution is -0.132. The van der Waals surface area contributed by atoms with Gasteiger partial charge in [0.15, 0.2) is 5.82 Å². The summed E-state index contributed by atoms with van der Waals surface area (Å²) in [5.74, 6) is 3.24. The fraction of sp³-hybridized carbons (Fsp3) is 0.640. The Morgan fingerprint density at radius 2 is 1.97 bits per heavy atom. The van der Waals surface area contributed by atoms with Gasteiger partial charge in [0, 0.05) is 26.1 Å². The first-order valence-electron chi connectivity index (χ1n) is 12.0. The summed E-state index contributed by atoms with van der Waals surface area (Å²) in [7, 11) is 1.66. The number of likely N-dealkylation sites (tertiary alicyclic amines) is 1. The van der Waals surface area contributed by atoms with Gasteiger partial charge in [-0.25, -0.2) is 0 Å². The van der Waals surface area contributed by atoms with Crippen molar-refractivity contribution >= 4 is 5.91 Å². The topological polar surface area (TPSA) is 77.7 Å². The van der Waals surface area contributed by atoms with E-state index in [1.807, 2.05) is 29.2 Å². The van der Waals surface area contributed by atoms with Gasteiger partial charge in [0.2, 0.25) is 11.8 Å². The summed E-state index contributed by atoms with van der Waals surface area (Å²) in [5, 5.41) is 4.14. The van der Waals surface area contributed by atoms with Crippen LogP contribution < -0.4 is 4.74 Å². The Morgan fingerprint density at radius 3 is 2.69 bits per heavy atom. The van der Waals surface area contributed by atoms with Gasteiger partial charge >= 0.3 is 0 Å². The van der Waals surface area contributed by atoms with Gasteiger partial charge < -0.3 is 18.9 Å². The fourth-order valence-corrected chi connectivity index (χ4v) is 5.24. The van der Waals surface area contributed by atoms with Crippen LogP contribution in [-0.2, 0) is 21.4 Å². The molecule has 2 aromatic rings. The molecule has 1 saturated heterocycles. The zero-order chi connectivity index (χ0) is 22.0. The molecular weight excluding hydrogens is 406 g/mol. The number of aromatic nitrogens is 2. The number of benzene rings is 1. The van der Waals surface area contributed by atoms with Crippen LogP contribution in [0.2, 0.25) is 0 Å². The van der Waals surface area contributed by atoms with Crippen molar-refractivity contribution in [3.8, 4) is 5.75 Å². The van der Waals surface area contributed by atoms with Crippen molar-refractivity contribution in [2.24, 2.45) is 5.92 Å². The highest BCUT2D eigenvalue weighted by atomic mass is 16.5. The Bertz CT molecular complexity index is 916. The van der Waals surface area contributed by atoms with Crippen molar-refractivity contribution in [1.29, 1.82) is 0 Å². The monoisotopic (exact) mass is 439 g/mol. The molecule has 32 heavy (non-hydrogen) atoms. The first-order valence-corrected chi connectivity index (χ1v) is 12.0. The fourth-order valence-electron chi connectivity index (χ4n) is 5.24. The number of rotatable bonds is 9. The molecule has 7 heteroatoms. The van der Waals surface area contributed by atoms with Crippen molar-refractivity contribution < 1.29 is 18.8 Å². The van der Waals surface area contributed by atoms with Crippen LogP contribution in [0.5, 0.6) is 5.75 Å². The van der Waals surface area contributed by atoms with E-state index in [2.05, 4.69) is 10.1 Å². The predicted molar refractivity (Wildman–Crippen MR) is 119 cm³/mol. The van der Waals surface area contributed by atoms with Crippen LogP contribution in [0.15, 0.2) is 28.8 Å². The molecule has 2 heterocycles. The molecule has 1 amide bonds. The number of methoxy groups -OCH3 is 1. The van der Waals surface area contributed by atoms with Crippen LogP contribution in [0.25, 0.3) is 0 Å². The number of amides is 1. The molecule has 3 fully saturated rings. The SMILES string of the molecule is COc1ccc(C2(C(=O)N3CCC(c4nc(CCOCC5CCCC5)no4)C3)CC2)cc1. The minimum Gasteiger partial charge on any atom is -0.497 e. The molecule has 0 N–H and O–H groups in total. The lowest BCUT2D eigenvalue weighted by Gasteiger charge is -2.23. The molecule has 1 unspecified atom stereocenters. The van der Waals surface area contributed by atoms with Crippen molar-refractivity contribution in [2.45, 2.75) is 62.7 Å². The summed E-state index contributed by atoms with van der Waals surface area (Å²) in [6.07, 6.45) is 8.62. The lowest BCUT2D eigenvalue weighted by Crippen LogP contribution is -2.37. The summed E-state index contributed by atoms with van der Waals surface area (Å²) < 4.78 is 16.6. The smallest absolute Gasteiger partial charge is 0.233 e. The van der Waals surface area contributed by atoms with Crippen LogP contribution in [0.4, 0.5) is 0 Å². The van der Waals surface area contributed by atoms with Crippen molar-refractivity contribution in [2.75, 3.05) is 33.4 Å². The molecule has 1 aromatic carbocycles. The zero-order valence-corrected chi connectivity index (χ0v) is 18.9. The van der Waals surface area contributed by atoms with E-state index in [1.54, 1.807) is 7.11 Å². The molecule has 2 saturated carbocycles. The van der Waals surface area contributed by atoms with Crippen molar-refractivity contribution in [3.05, 3.63) is 41.5 Å². The van der Waals surface area contributed by atoms with Gasteiger partial charge in [-0.05, 0) is 55.7 Å². The molecule has 1 atom stereocenters. The van der Waals surface area contributed by atoms with E-state index in [4.69, 9.17) is 14.0 Å². The third kappa shape index (κ3) is 4.40. The average Bonchev–Trinajstić information content (AvgIpc) is 3.23. The Kier molecular flexibility index (Phi) is 6.17. The zero-order valence-electron chi connectivity index (χ0n) is 18.9.